The summed E-state index contributed by atoms with van der Waals surface area (Å²) in [4.78, 5) is 0. The number of nitrogens with two attached hydrogens (primary N) is 1. The van der Waals surface area contributed by atoms with Crippen LogP contribution in [0.2, 0.25) is 0 Å². The molecule has 0 bridgehead atoms. The van der Waals surface area contributed by atoms with Crippen LogP contribution in [-0.4, -0.2) is 19.6 Å². The van der Waals surface area contributed by atoms with Crippen molar-refractivity contribution in [2.24, 2.45) is 11.7 Å². The molecule has 0 heterocycles. The number of rotatable bonds is 2. The Bertz CT molecular complexity index is 64.2. The van der Waals surface area contributed by atoms with Crippen molar-refractivity contribution in [1.82, 2.24) is 5.32 Å². The van der Waals surface area contributed by atoms with Crippen molar-refractivity contribution < 1.29 is 0 Å². The molecule has 2 heteroatoms. The molecule has 0 aromatic carbocycles. The molecule has 0 radical (unpaired) electrons. The first-order chi connectivity index (χ1) is 3.83. The molecule has 8 heavy (non-hydrogen) atoms. The van der Waals surface area contributed by atoms with Crippen molar-refractivity contribution >= 4 is 0 Å². The van der Waals surface area contributed by atoms with E-state index in [2.05, 4.69) is 5.32 Å². The Labute approximate surface area is 50.4 Å². The van der Waals surface area contributed by atoms with Gasteiger partial charge in [-0.1, -0.05) is 0 Å². The monoisotopic (exact) mass is 114 g/mol. The van der Waals surface area contributed by atoms with E-state index in [0.29, 0.717) is 6.04 Å². The lowest BCUT2D eigenvalue weighted by Crippen LogP contribution is -2.40. The number of hydrogen-bond donors (Lipinski definition) is 2. The van der Waals surface area contributed by atoms with Gasteiger partial charge in [0.1, 0.15) is 0 Å². The van der Waals surface area contributed by atoms with E-state index in [-0.39, 0.29) is 0 Å². The van der Waals surface area contributed by atoms with Crippen molar-refractivity contribution in [3.05, 3.63) is 0 Å². The van der Waals surface area contributed by atoms with Crippen molar-refractivity contribution in [3.8, 4) is 0 Å². The standard InChI is InChI=1S/C6H14N2/c1-8-4-5-2-6(7)3-5/h5-6,8H,2-4,7H2,1H3/t5-,6+. The zero-order valence-corrected chi connectivity index (χ0v) is 5.35. The lowest BCUT2D eigenvalue weighted by atomic mass is 9.81. The minimum atomic E-state index is 0.508. The summed E-state index contributed by atoms with van der Waals surface area (Å²) in [5, 5.41) is 3.13. The van der Waals surface area contributed by atoms with Gasteiger partial charge < -0.3 is 11.1 Å². The molecule has 0 unspecified atom stereocenters. The third-order valence-corrected chi connectivity index (χ3v) is 1.76. The third-order valence-electron chi connectivity index (χ3n) is 1.76. The van der Waals surface area contributed by atoms with Crippen LogP contribution in [0.4, 0.5) is 0 Å². The van der Waals surface area contributed by atoms with E-state index >= 15 is 0 Å². The van der Waals surface area contributed by atoms with Crippen LogP contribution in [0.1, 0.15) is 12.8 Å². The second-order valence-corrected chi connectivity index (χ2v) is 2.66. The first-order valence-electron chi connectivity index (χ1n) is 3.23. The Kier molecular flexibility index (Phi) is 1.86. The summed E-state index contributed by atoms with van der Waals surface area (Å²) in [5.41, 5.74) is 5.57. The normalized spacial score (nSPS) is 36.8. The highest BCUT2D eigenvalue weighted by molar-refractivity contribution is 4.82. The Hall–Kier alpha value is -0.0800. The summed E-state index contributed by atoms with van der Waals surface area (Å²) >= 11 is 0. The van der Waals surface area contributed by atoms with E-state index in [0.717, 1.165) is 12.5 Å². The van der Waals surface area contributed by atoms with Gasteiger partial charge in [-0.05, 0) is 32.4 Å². The highest BCUT2D eigenvalue weighted by Crippen LogP contribution is 2.23. The maximum absolute atomic E-state index is 5.57. The lowest BCUT2D eigenvalue weighted by Gasteiger charge is -2.31. The van der Waals surface area contributed by atoms with E-state index in [1.807, 2.05) is 7.05 Å². The Morgan fingerprint density at radius 1 is 1.62 bits per heavy atom. The molecule has 1 aliphatic carbocycles. The van der Waals surface area contributed by atoms with Crippen molar-refractivity contribution in [2.75, 3.05) is 13.6 Å². The Balaban J connectivity index is 1.98. The van der Waals surface area contributed by atoms with E-state index in [4.69, 9.17) is 5.73 Å². The quantitative estimate of drug-likeness (QED) is 0.528. The van der Waals surface area contributed by atoms with E-state index in [9.17, 15) is 0 Å². The van der Waals surface area contributed by atoms with Gasteiger partial charge in [0, 0.05) is 6.04 Å². The van der Waals surface area contributed by atoms with Gasteiger partial charge in [0.15, 0.2) is 0 Å². The van der Waals surface area contributed by atoms with Gasteiger partial charge in [-0.15, -0.1) is 0 Å². The summed E-state index contributed by atoms with van der Waals surface area (Å²) < 4.78 is 0. The number of nitrogens with one attached hydrogen (secondary N) is 1. The summed E-state index contributed by atoms with van der Waals surface area (Å²) in [7, 11) is 1.99. The average Bonchev–Trinajstić information content (AvgIpc) is 1.64. The summed E-state index contributed by atoms with van der Waals surface area (Å²) in [6.45, 7) is 1.15. The summed E-state index contributed by atoms with van der Waals surface area (Å²) in [6, 6.07) is 0.508. The predicted molar refractivity (Wildman–Crippen MR) is 34.6 cm³/mol. The fraction of sp³-hybridized carbons (Fsp3) is 1.00. The van der Waals surface area contributed by atoms with Gasteiger partial charge in [-0.2, -0.15) is 0 Å². The second-order valence-electron chi connectivity index (χ2n) is 2.66. The summed E-state index contributed by atoms with van der Waals surface area (Å²) in [6.07, 6.45) is 2.45. The first kappa shape index (κ1) is 6.05. The molecule has 1 fully saturated rings. The van der Waals surface area contributed by atoms with Crippen LogP contribution < -0.4 is 11.1 Å². The molecule has 2 nitrogen and oxygen atoms in total. The highest BCUT2D eigenvalue weighted by atomic mass is 14.8. The number of hydrogen-bond acceptors (Lipinski definition) is 2. The van der Waals surface area contributed by atoms with Crippen LogP contribution in [0, 0.1) is 5.92 Å². The third kappa shape index (κ3) is 1.20. The van der Waals surface area contributed by atoms with Gasteiger partial charge >= 0.3 is 0 Å². The highest BCUT2D eigenvalue weighted by Gasteiger charge is 2.24. The molecular weight excluding hydrogens is 100 g/mol. The van der Waals surface area contributed by atoms with Crippen LogP contribution in [0.25, 0.3) is 0 Å². The van der Waals surface area contributed by atoms with Crippen molar-refractivity contribution in [3.63, 3.8) is 0 Å². The molecule has 0 aromatic heterocycles. The maximum atomic E-state index is 5.57. The zero-order chi connectivity index (χ0) is 5.98. The lowest BCUT2D eigenvalue weighted by molar-refractivity contribution is 0.261. The average molecular weight is 114 g/mol. The Morgan fingerprint density at radius 3 is 2.62 bits per heavy atom. The van der Waals surface area contributed by atoms with Gasteiger partial charge in [0.25, 0.3) is 0 Å². The van der Waals surface area contributed by atoms with E-state index < -0.39 is 0 Å². The summed E-state index contributed by atoms with van der Waals surface area (Å²) in [5.74, 6) is 0.870. The van der Waals surface area contributed by atoms with Crippen molar-refractivity contribution in [1.29, 1.82) is 0 Å². The van der Waals surface area contributed by atoms with Gasteiger partial charge in [-0.3, -0.25) is 0 Å². The molecule has 48 valence electrons. The molecular formula is C6H14N2. The van der Waals surface area contributed by atoms with Crippen LogP contribution in [-0.2, 0) is 0 Å². The van der Waals surface area contributed by atoms with Crippen LogP contribution in [0.3, 0.4) is 0 Å². The minimum absolute atomic E-state index is 0.508. The molecule has 0 aromatic rings. The first-order valence-corrected chi connectivity index (χ1v) is 3.23. The fourth-order valence-electron chi connectivity index (χ4n) is 1.24. The zero-order valence-electron chi connectivity index (χ0n) is 5.35. The van der Waals surface area contributed by atoms with Gasteiger partial charge in [-0.25, -0.2) is 0 Å². The molecule has 3 N–H and O–H groups in total. The smallest absolute Gasteiger partial charge is 0.00450 e. The van der Waals surface area contributed by atoms with Crippen LogP contribution in [0.5, 0.6) is 0 Å². The fourth-order valence-corrected chi connectivity index (χ4v) is 1.24. The van der Waals surface area contributed by atoms with Gasteiger partial charge in [0.05, 0.1) is 0 Å². The molecule has 1 aliphatic rings. The molecule has 0 atom stereocenters. The molecule has 0 aliphatic heterocycles. The van der Waals surface area contributed by atoms with Gasteiger partial charge in [0.2, 0.25) is 0 Å². The van der Waals surface area contributed by atoms with E-state index in [1.165, 1.54) is 12.8 Å². The predicted octanol–water partition coefficient (Wildman–Crippen LogP) is -0.0569. The molecule has 1 rings (SSSR count). The molecule has 1 saturated carbocycles. The second kappa shape index (κ2) is 2.46. The SMILES string of the molecule is CNC[C@H]1C[C@@H](N)C1. The topological polar surface area (TPSA) is 38.0 Å². The van der Waals surface area contributed by atoms with Crippen LogP contribution in [0.15, 0.2) is 0 Å². The molecule has 0 saturated heterocycles. The largest absolute Gasteiger partial charge is 0.328 e. The minimum Gasteiger partial charge on any atom is -0.328 e. The van der Waals surface area contributed by atoms with Crippen LogP contribution >= 0.6 is 0 Å². The molecule has 0 spiro atoms. The van der Waals surface area contributed by atoms with E-state index in [1.54, 1.807) is 0 Å². The van der Waals surface area contributed by atoms with Crippen molar-refractivity contribution in [2.45, 2.75) is 18.9 Å². The maximum Gasteiger partial charge on any atom is 0.00450 e. The molecule has 0 amide bonds. The Morgan fingerprint density at radius 2 is 2.25 bits per heavy atom.